The number of carbonyl (C=O) groups is 4. The van der Waals surface area contributed by atoms with Gasteiger partial charge in [0.1, 0.15) is 31.3 Å². The van der Waals surface area contributed by atoms with Gasteiger partial charge in [-0.05, 0) is 86.6 Å². The second kappa shape index (κ2) is 25.2. The highest BCUT2D eigenvalue weighted by atomic mass is 32.2. The van der Waals surface area contributed by atoms with E-state index in [9.17, 15) is 19.2 Å². The van der Waals surface area contributed by atoms with Crippen molar-refractivity contribution in [2.24, 2.45) is 10.8 Å². The van der Waals surface area contributed by atoms with Crippen LogP contribution < -0.4 is 26.6 Å². The highest BCUT2D eigenvalue weighted by Crippen LogP contribution is 2.48. The SMILES string of the molecule is CC[C@H](NC)C(=S)N[C@H]1CCS[C@H]2CC(C)(C)[C@@H](C(=O)C[C@H](COCC#CCOC[C@@H](NC(=O)[C@H]3N4C(=O)[C@@H](NC(=S)[C@H](C)NC)CCS[C@H]4CC3(C)C)c3ccccc3)c3ccccc3)N2C1=O. The van der Waals surface area contributed by atoms with E-state index in [1.54, 1.807) is 28.4 Å². The number of likely N-dealkylation sites (N-methyl/N-ethyl adjacent to an activating group) is 2. The van der Waals surface area contributed by atoms with Crippen molar-refractivity contribution < 1.29 is 28.7 Å². The molecule has 0 aliphatic carbocycles. The van der Waals surface area contributed by atoms with Crippen molar-refractivity contribution in [3.8, 4) is 11.8 Å². The zero-order chi connectivity index (χ0) is 49.9. The van der Waals surface area contributed by atoms with Crippen LogP contribution in [0.3, 0.4) is 0 Å². The molecule has 376 valence electrons. The highest BCUT2D eigenvalue weighted by Gasteiger charge is 2.56. The van der Waals surface area contributed by atoms with Crippen LogP contribution in [0.1, 0.15) is 103 Å². The van der Waals surface area contributed by atoms with Crippen molar-refractivity contribution >= 4 is 81.4 Å². The lowest BCUT2D eigenvalue weighted by molar-refractivity contribution is -0.142. The van der Waals surface area contributed by atoms with Crippen LogP contribution in [0.5, 0.6) is 0 Å². The molecule has 0 radical (unpaired) electrons. The number of ether oxygens (including phenoxy) is 2. The number of rotatable bonds is 20. The maximum atomic E-state index is 14.6. The van der Waals surface area contributed by atoms with Gasteiger partial charge in [-0.2, -0.15) is 0 Å². The first-order chi connectivity index (χ1) is 33.0. The number of ketones is 1. The third-order valence-electron chi connectivity index (χ3n) is 14.0. The number of benzene rings is 2. The van der Waals surface area contributed by atoms with E-state index in [1.807, 2.05) is 86.6 Å². The summed E-state index contributed by atoms with van der Waals surface area (Å²) < 4.78 is 12.2. The first kappa shape index (κ1) is 54.7. The van der Waals surface area contributed by atoms with Gasteiger partial charge in [0.05, 0.1) is 58.1 Å². The molecule has 2 aromatic rings. The molecule has 4 fully saturated rings. The van der Waals surface area contributed by atoms with E-state index in [0.717, 1.165) is 35.5 Å². The lowest BCUT2D eigenvalue weighted by Gasteiger charge is -2.35. The predicted octanol–water partition coefficient (Wildman–Crippen LogP) is 5.98. The second-order valence-electron chi connectivity index (χ2n) is 19.9. The largest absolute Gasteiger partial charge is 0.368 e. The Labute approximate surface area is 429 Å². The van der Waals surface area contributed by atoms with E-state index < -0.39 is 41.0 Å². The van der Waals surface area contributed by atoms with E-state index in [1.165, 1.54) is 0 Å². The zero-order valence-corrected chi connectivity index (χ0v) is 44.8. The van der Waals surface area contributed by atoms with E-state index in [-0.39, 0.29) is 85.1 Å². The van der Waals surface area contributed by atoms with E-state index in [4.69, 9.17) is 33.9 Å². The maximum absolute atomic E-state index is 14.6. The van der Waals surface area contributed by atoms with Gasteiger partial charge >= 0.3 is 0 Å². The van der Waals surface area contributed by atoms with Gasteiger partial charge in [0.2, 0.25) is 17.7 Å². The molecular formula is C52H73N7O6S4. The van der Waals surface area contributed by atoms with Crippen molar-refractivity contribution in [2.75, 3.05) is 52.0 Å². The minimum atomic E-state index is -0.688. The predicted molar refractivity (Wildman–Crippen MR) is 286 cm³/mol. The average Bonchev–Trinajstić information content (AvgIpc) is 3.65. The van der Waals surface area contributed by atoms with Gasteiger partial charge in [-0.1, -0.05) is 132 Å². The lowest BCUT2D eigenvalue weighted by Crippen LogP contribution is -2.58. The summed E-state index contributed by atoms with van der Waals surface area (Å²) in [6.45, 7) is 13.0. The molecule has 0 bridgehead atoms. The van der Waals surface area contributed by atoms with Crippen LogP contribution in [0.15, 0.2) is 60.7 Å². The van der Waals surface area contributed by atoms with Crippen LogP contribution in [-0.4, -0.2) is 142 Å². The van der Waals surface area contributed by atoms with Crippen molar-refractivity contribution in [1.29, 1.82) is 0 Å². The molecule has 0 aromatic heterocycles. The first-order valence-corrected chi connectivity index (χ1v) is 27.3. The van der Waals surface area contributed by atoms with Crippen LogP contribution in [0.25, 0.3) is 0 Å². The van der Waals surface area contributed by atoms with Gasteiger partial charge < -0.3 is 45.9 Å². The molecule has 4 saturated heterocycles. The van der Waals surface area contributed by atoms with Crippen molar-refractivity contribution in [1.82, 2.24) is 36.4 Å². The fourth-order valence-corrected chi connectivity index (χ4v) is 14.0. The number of carbonyl (C=O) groups excluding carboxylic acids is 4. The van der Waals surface area contributed by atoms with Gasteiger partial charge in [-0.25, -0.2) is 0 Å². The highest BCUT2D eigenvalue weighted by molar-refractivity contribution is 8.00. The summed E-state index contributed by atoms with van der Waals surface area (Å²) >= 11 is 14.8. The first-order valence-electron chi connectivity index (χ1n) is 24.4. The summed E-state index contributed by atoms with van der Waals surface area (Å²) in [5, 5.41) is 16.1. The molecule has 17 heteroatoms. The van der Waals surface area contributed by atoms with Crippen LogP contribution in [0, 0.1) is 22.7 Å². The number of hydrogen-bond donors (Lipinski definition) is 5. The minimum Gasteiger partial charge on any atom is -0.368 e. The molecule has 2 aromatic carbocycles. The summed E-state index contributed by atoms with van der Waals surface area (Å²) in [7, 11) is 3.70. The number of nitrogens with one attached hydrogen (secondary N) is 5. The molecule has 0 spiro atoms. The summed E-state index contributed by atoms with van der Waals surface area (Å²) in [6.07, 6.45) is 3.70. The number of thiocarbonyl (C=S) groups is 2. The molecule has 6 rings (SSSR count). The van der Waals surface area contributed by atoms with Crippen LogP contribution in [0.2, 0.25) is 0 Å². The average molecular weight is 1020 g/mol. The van der Waals surface area contributed by atoms with Crippen molar-refractivity contribution in [2.45, 2.75) is 139 Å². The normalized spacial score (nSPS) is 25.6. The number of fused-ring (bicyclic) bond motifs is 2. The van der Waals surface area contributed by atoms with Gasteiger partial charge in [-0.3, -0.25) is 19.2 Å². The third-order valence-corrected chi connectivity index (χ3v) is 17.4. The summed E-state index contributed by atoms with van der Waals surface area (Å²) in [4.78, 5) is 62.4. The smallest absolute Gasteiger partial charge is 0.246 e. The number of amides is 3. The molecule has 5 N–H and O–H groups in total. The Kier molecular flexibility index (Phi) is 20.0. The lowest BCUT2D eigenvalue weighted by atomic mass is 9.79. The number of hydrogen-bond acceptors (Lipinski definition) is 12. The van der Waals surface area contributed by atoms with Gasteiger partial charge in [-0.15, -0.1) is 23.5 Å². The fourth-order valence-electron chi connectivity index (χ4n) is 10.1. The minimum absolute atomic E-state index is 0.0206. The molecule has 0 saturated carbocycles. The molecule has 3 amide bonds. The zero-order valence-electron chi connectivity index (χ0n) is 41.5. The van der Waals surface area contributed by atoms with Crippen LogP contribution >= 0.6 is 48.0 Å². The Morgan fingerprint density at radius 1 is 0.754 bits per heavy atom. The van der Waals surface area contributed by atoms with E-state index in [2.05, 4.69) is 73.0 Å². The molecule has 0 unspecified atom stereocenters. The van der Waals surface area contributed by atoms with Gasteiger partial charge in [0.25, 0.3) is 0 Å². The topological polar surface area (TPSA) is 153 Å². The molecular weight excluding hydrogens is 947 g/mol. The number of Topliss-reactive ketones (excluding diaryl/α,β-unsaturated/α-hetero) is 1. The Bertz CT molecular complexity index is 2170. The van der Waals surface area contributed by atoms with Crippen molar-refractivity contribution in [3.63, 3.8) is 0 Å². The van der Waals surface area contributed by atoms with Crippen molar-refractivity contribution in [3.05, 3.63) is 71.8 Å². The second-order valence-corrected chi connectivity index (χ2v) is 23.4. The molecule has 4 aliphatic rings. The van der Waals surface area contributed by atoms with Crippen LogP contribution in [0.4, 0.5) is 0 Å². The molecule has 13 nitrogen and oxygen atoms in total. The molecule has 4 heterocycles. The number of nitrogens with zero attached hydrogens (tertiary/aromatic N) is 2. The Balaban J connectivity index is 1.06. The van der Waals surface area contributed by atoms with Gasteiger partial charge in [0.15, 0.2) is 5.78 Å². The van der Waals surface area contributed by atoms with Crippen LogP contribution in [-0.2, 0) is 28.7 Å². The Morgan fingerprint density at radius 3 is 1.80 bits per heavy atom. The summed E-state index contributed by atoms with van der Waals surface area (Å²) in [5.74, 6) is 7.08. The Morgan fingerprint density at radius 2 is 1.26 bits per heavy atom. The van der Waals surface area contributed by atoms with Gasteiger partial charge in [0, 0.05) is 12.3 Å². The summed E-state index contributed by atoms with van der Waals surface area (Å²) in [5.41, 5.74) is 0.977. The summed E-state index contributed by atoms with van der Waals surface area (Å²) in [6, 6.07) is 16.7. The van der Waals surface area contributed by atoms with E-state index >= 15 is 0 Å². The molecule has 69 heavy (non-hydrogen) atoms. The third kappa shape index (κ3) is 13.7. The quantitative estimate of drug-likeness (QED) is 0.0601. The van der Waals surface area contributed by atoms with E-state index in [0.29, 0.717) is 29.2 Å². The Hall–Kier alpha value is -3.60. The maximum Gasteiger partial charge on any atom is 0.246 e. The standard InChI is InChI=1S/C52H73N7O6S4/c1-9-37(54-8)48(67)57-39-23-27-68-42-29-51(3,4)44(58(42)49(39)62)41(60)28-36(34-18-12-10-13-19-34)31-64-24-16-17-25-65-32-40(35-20-14-11-15-21-35)55-46(61)45-52(5,6)30-43-59(45)50(63)38(22-26-69-43)56-47(66)33(2)53-7/h10-15,18-21,33,36-40,42-45,53-54H,9,22-32H2,1-8H3,(H,55,61)(H,56,66)(H,57,67)/t33-,36+,37-,38-,39-,40+,42-,43-,44+,45+/m0/s1. The monoisotopic (exact) mass is 1020 g/mol. The number of thioether (sulfide) groups is 2. The molecule has 10 atom stereocenters. The molecule has 4 aliphatic heterocycles. The fraction of sp³-hybridized carbons (Fsp3) is 0.615.